The summed E-state index contributed by atoms with van der Waals surface area (Å²) in [6.07, 6.45) is -1.31. The number of alkyl halides is 2. The number of hydrogen-bond acceptors (Lipinski definition) is 3. The fraction of sp³-hybridized carbons (Fsp3) is 0.600. The van der Waals surface area contributed by atoms with Crippen LogP contribution >= 0.6 is 0 Å². The minimum absolute atomic E-state index is 0.0225. The Morgan fingerprint density at radius 2 is 1.74 bits per heavy atom. The first-order valence-corrected chi connectivity index (χ1v) is 9.32. The van der Waals surface area contributed by atoms with Gasteiger partial charge in [0.1, 0.15) is 6.04 Å². The van der Waals surface area contributed by atoms with Gasteiger partial charge in [0.2, 0.25) is 11.8 Å². The van der Waals surface area contributed by atoms with Crippen molar-refractivity contribution in [3.05, 3.63) is 35.9 Å². The molecule has 2 unspecified atom stereocenters. The number of rotatable bonds is 7. The molecule has 1 aromatic carbocycles. The van der Waals surface area contributed by atoms with Crippen LogP contribution in [0.25, 0.3) is 0 Å². The van der Waals surface area contributed by atoms with Gasteiger partial charge in [0, 0.05) is 31.8 Å². The molecule has 1 aliphatic rings. The molecule has 0 radical (unpaired) electrons. The minimum Gasteiger partial charge on any atom is -0.371 e. The van der Waals surface area contributed by atoms with Crippen LogP contribution in [-0.4, -0.2) is 47.9 Å². The van der Waals surface area contributed by atoms with Gasteiger partial charge in [-0.3, -0.25) is 9.59 Å². The van der Waals surface area contributed by atoms with Gasteiger partial charge in [0.15, 0.2) is 0 Å². The number of hydrogen-bond donors (Lipinski definition) is 1. The second-order valence-electron chi connectivity index (χ2n) is 7.32. The first-order chi connectivity index (χ1) is 12.7. The monoisotopic (exact) mass is 382 g/mol. The molecule has 27 heavy (non-hydrogen) atoms. The molecule has 2 atom stereocenters. The van der Waals surface area contributed by atoms with Crippen LogP contribution in [0.1, 0.15) is 39.2 Å². The van der Waals surface area contributed by atoms with Gasteiger partial charge in [-0.2, -0.15) is 0 Å². The number of nitrogens with one attached hydrogen (secondary N) is 1. The van der Waals surface area contributed by atoms with Crippen LogP contribution in [0.2, 0.25) is 0 Å². The molecule has 0 spiro atoms. The zero-order valence-electron chi connectivity index (χ0n) is 16.1. The summed E-state index contributed by atoms with van der Waals surface area (Å²) in [5.74, 6) is -3.68. The Morgan fingerprint density at radius 1 is 1.15 bits per heavy atom. The first kappa shape index (κ1) is 21.3. The quantitative estimate of drug-likeness (QED) is 0.789. The third kappa shape index (κ3) is 6.27. The fourth-order valence-corrected chi connectivity index (χ4v) is 2.85. The average Bonchev–Trinajstić information content (AvgIpc) is 2.64. The average molecular weight is 382 g/mol. The number of ether oxygens (including phenoxy) is 1. The Kier molecular flexibility index (Phi) is 7.30. The summed E-state index contributed by atoms with van der Waals surface area (Å²) >= 11 is 0. The predicted octanol–water partition coefficient (Wildman–Crippen LogP) is 2.99. The Hall–Kier alpha value is -2.02. The van der Waals surface area contributed by atoms with Crippen molar-refractivity contribution >= 4 is 11.8 Å². The molecule has 1 aliphatic heterocycles. The molecule has 0 aromatic heterocycles. The second kappa shape index (κ2) is 9.26. The number of halogens is 2. The van der Waals surface area contributed by atoms with E-state index in [2.05, 4.69) is 5.32 Å². The molecule has 0 saturated carbocycles. The van der Waals surface area contributed by atoms with E-state index in [0.717, 1.165) is 5.56 Å². The topological polar surface area (TPSA) is 58.6 Å². The summed E-state index contributed by atoms with van der Waals surface area (Å²) in [6, 6.07) is 8.58. The van der Waals surface area contributed by atoms with E-state index in [-0.39, 0.29) is 43.7 Å². The van der Waals surface area contributed by atoms with Crippen LogP contribution in [0.3, 0.4) is 0 Å². The van der Waals surface area contributed by atoms with E-state index in [1.165, 1.54) is 4.90 Å². The summed E-state index contributed by atoms with van der Waals surface area (Å²) in [4.78, 5) is 26.5. The minimum atomic E-state index is -2.73. The van der Waals surface area contributed by atoms with Crippen LogP contribution < -0.4 is 5.32 Å². The van der Waals surface area contributed by atoms with Crippen molar-refractivity contribution in [3.8, 4) is 0 Å². The smallest absolute Gasteiger partial charge is 0.251 e. The maximum absolute atomic E-state index is 13.4. The highest BCUT2D eigenvalue weighted by molar-refractivity contribution is 5.88. The van der Waals surface area contributed by atoms with Crippen molar-refractivity contribution < 1.29 is 23.1 Å². The van der Waals surface area contributed by atoms with Crippen LogP contribution in [0.4, 0.5) is 8.78 Å². The van der Waals surface area contributed by atoms with Gasteiger partial charge in [-0.15, -0.1) is 0 Å². The number of carbonyl (C=O) groups excluding carboxylic acids is 2. The van der Waals surface area contributed by atoms with Gasteiger partial charge in [-0.1, -0.05) is 44.2 Å². The molecule has 1 heterocycles. The highest BCUT2D eigenvalue weighted by Crippen LogP contribution is 2.28. The molecule has 1 aromatic rings. The van der Waals surface area contributed by atoms with Crippen LogP contribution in [0.5, 0.6) is 0 Å². The maximum Gasteiger partial charge on any atom is 0.251 e. The number of nitrogens with zero attached hydrogens (tertiary/aromatic N) is 1. The van der Waals surface area contributed by atoms with E-state index >= 15 is 0 Å². The van der Waals surface area contributed by atoms with Gasteiger partial charge in [0.05, 0.1) is 12.7 Å². The number of carbonyl (C=O) groups is 2. The standard InChI is InChI=1S/C20H28F2N2O3/c1-14(2)18(25)23-17(15(3)27-13-16-7-5-4-6-8-16)19(26)24-11-9-20(21,22)10-12-24/h4-8,14-15,17H,9-13H2,1-3H3,(H,23,25). The van der Waals surface area contributed by atoms with Crippen LogP contribution in [0, 0.1) is 5.92 Å². The number of likely N-dealkylation sites (tertiary alicyclic amines) is 1. The van der Waals surface area contributed by atoms with E-state index in [9.17, 15) is 18.4 Å². The lowest BCUT2D eigenvalue weighted by atomic mass is 10.0. The Morgan fingerprint density at radius 3 is 2.30 bits per heavy atom. The number of benzene rings is 1. The van der Waals surface area contributed by atoms with Crippen molar-refractivity contribution in [1.82, 2.24) is 10.2 Å². The molecule has 7 heteroatoms. The van der Waals surface area contributed by atoms with E-state index in [0.29, 0.717) is 6.61 Å². The van der Waals surface area contributed by atoms with E-state index in [1.54, 1.807) is 20.8 Å². The van der Waals surface area contributed by atoms with Gasteiger partial charge in [-0.05, 0) is 12.5 Å². The third-order valence-electron chi connectivity index (χ3n) is 4.72. The van der Waals surface area contributed by atoms with E-state index in [4.69, 9.17) is 4.74 Å². The molecule has 0 aliphatic carbocycles. The molecule has 1 saturated heterocycles. The lowest BCUT2D eigenvalue weighted by Crippen LogP contribution is -2.57. The highest BCUT2D eigenvalue weighted by Gasteiger charge is 2.39. The maximum atomic E-state index is 13.4. The van der Waals surface area contributed by atoms with Crippen LogP contribution in [0.15, 0.2) is 30.3 Å². The molecule has 5 nitrogen and oxygen atoms in total. The van der Waals surface area contributed by atoms with E-state index < -0.39 is 18.1 Å². The molecular weight excluding hydrogens is 354 g/mol. The van der Waals surface area contributed by atoms with Crippen molar-refractivity contribution in [2.75, 3.05) is 13.1 Å². The lowest BCUT2D eigenvalue weighted by molar-refractivity contribution is -0.146. The highest BCUT2D eigenvalue weighted by atomic mass is 19.3. The van der Waals surface area contributed by atoms with Crippen LogP contribution in [-0.2, 0) is 20.9 Å². The van der Waals surface area contributed by atoms with Crippen molar-refractivity contribution in [3.63, 3.8) is 0 Å². The summed E-state index contributed by atoms with van der Waals surface area (Å²) in [5, 5.41) is 2.73. The fourth-order valence-electron chi connectivity index (χ4n) is 2.85. The zero-order valence-corrected chi connectivity index (χ0v) is 16.1. The third-order valence-corrected chi connectivity index (χ3v) is 4.72. The van der Waals surface area contributed by atoms with Gasteiger partial charge in [-0.25, -0.2) is 8.78 Å². The SMILES string of the molecule is CC(C)C(=O)NC(C(=O)N1CCC(F)(F)CC1)C(C)OCc1ccccc1. The first-order valence-electron chi connectivity index (χ1n) is 9.32. The van der Waals surface area contributed by atoms with Crippen molar-refractivity contribution in [2.24, 2.45) is 5.92 Å². The summed E-state index contributed by atoms with van der Waals surface area (Å²) in [7, 11) is 0. The van der Waals surface area contributed by atoms with Gasteiger partial charge < -0.3 is 15.0 Å². The summed E-state index contributed by atoms with van der Waals surface area (Å²) < 4.78 is 32.6. The second-order valence-corrected chi connectivity index (χ2v) is 7.32. The molecule has 0 bridgehead atoms. The molecule has 2 rings (SSSR count). The van der Waals surface area contributed by atoms with E-state index in [1.807, 2.05) is 30.3 Å². The predicted molar refractivity (Wildman–Crippen MR) is 98.2 cm³/mol. The molecule has 1 fully saturated rings. The Balaban J connectivity index is 2.05. The summed E-state index contributed by atoms with van der Waals surface area (Å²) in [5.41, 5.74) is 0.948. The summed E-state index contributed by atoms with van der Waals surface area (Å²) in [6.45, 7) is 5.42. The molecule has 2 amide bonds. The number of amides is 2. The van der Waals surface area contributed by atoms with Crippen molar-refractivity contribution in [1.29, 1.82) is 0 Å². The Bertz CT molecular complexity index is 627. The lowest BCUT2D eigenvalue weighted by Gasteiger charge is -2.35. The molecule has 150 valence electrons. The Labute approximate surface area is 159 Å². The van der Waals surface area contributed by atoms with Crippen molar-refractivity contribution in [2.45, 2.75) is 58.3 Å². The molecular formula is C20H28F2N2O3. The normalized spacial score (nSPS) is 18.8. The molecule has 1 N–H and O–H groups in total. The van der Waals surface area contributed by atoms with Gasteiger partial charge in [0.25, 0.3) is 5.92 Å². The van der Waals surface area contributed by atoms with Gasteiger partial charge >= 0.3 is 0 Å². The zero-order chi connectivity index (χ0) is 20.0. The number of piperidine rings is 1. The largest absolute Gasteiger partial charge is 0.371 e.